The monoisotopic (exact) mass is 448 g/mol. The maximum Gasteiger partial charge on any atom is 0.419 e. The number of hydrogen-bond acceptors (Lipinski definition) is 6. The van der Waals surface area contributed by atoms with Crippen molar-refractivity contribution in [3.05, 3.63) is 41.0 Å². The van der Waals surface area contributed by atoms with E-state index in [1.165, 1.54) is 20.3 Å². The Labute approximate surface area is 183 Å². The van der Waals surface area contributed by atoms with Crippen molar-refractivity contribution in [2.45, 2.75) is 19.0 Å². The van der Waals surface area contributed by atoms with Crippen LogP contribution in [0.3, 0.4) is 0 Å². The molecule has 1 atom stereocenters. The Balaban J connectivity index is 1.93. The number of hydrogen-bond donors (Lipinski definition) is 1. The van der Waals surface area contributed by atoms with Crippen LogP contribution in [0.1, 0.15) is 27.9 Å². The lowest BCUT2D eigenvalue weighted by atomic mass is 9.92. The molecule has 32 heavy (non-hydrogen) atoms. The predicted octanol–water partition coefficient (Wildman–Crippen LogP) is 4.24. The summed E-state index contributed by atoms with van der Waals surface area (Å²) in [6.45, 7) is 1.18. The van der Waals surface area contributed by atoms with Crippen molar-refractivity contribution in [1.29, 1.82) is 0 Å². The SMILES string of the molecule is COC(=O)c1c(N2CC[C@H](CO)C2)cc(-c2ccc(OC)c(C(F)(F)F)c2)c2c1CC=N2. The molecule has 4 rings (SSSR count). The fourth-order valence-corrected chi connectivity index (χ4v) is 4.38. The standard InChI is InChI=1S/C23H23F3N2O4/c1-31-19-4-3-14(9-17(19)23(24,25)26)16-10-18(28-8-6-13(11-28)12-29)20(22(30)32-2)15-5-7-27-21(15)16/h3-4,7,9-10,13,29H,5-6,8,11-12H2,1-2H3/t13-/m0/s1. The van der Waals surface area contributed by atoms with Gasteiger partial charge in [0.1, 0.15) is 5.75 Å². The molecule has 1 N–H and O–H groups in total. The van der Waals surface area contributed by atoms with E-state index in [0.717, 1.165) is 12.5 Å². The first kappa shape index (κ1) is 22.1. The van der Waals surface area contributed by atoms with Gasteiger partial charge in [0.25, 0.3) is 0 Å². The topological polar surface area (TPSA) is 71.4 Å². The number of carbonyl (C=O) groups excluding carboxylic acids is 1. The summed E-state index contributed by atoms with van der Waals surface area (Å²) in [4.78, 5) is 19.1. The van der Waals surface area contributed by atoms with Gasteiger partial charge in [-0.15, -0.1) is 0 Å². The highest BCUT2D eigenvalue weighted by atomic mass is 19.4. The van der Waals surface area contributed by atoms with E-state index < -0.39 is 17.7 Å². The van der Waals surface area contributed by atoms with Gasteiger partial charge >= 0.3 is 12.1 Å². The smallest absolute Gasteiger partial charge is 0.419 e. The van der Waals surface area contributed by atoms with Crippen molar-refractivity contribution in [2.24, 2.45) is 10.9 Å². The van der Waals surface area contributed by atoms with Crippen LogP contribution in [-0.4, -0.2) is 51.2 Å². The third-order valence-corrected chi connectivity index (χ3v) is 5.99. The van der Waals surface area contributed by atoms with Crippen LogP contribution in [0.15, 0.2) is 29.3 Å². The lowest BCUT2D eigenvalue weighted by Gasteiger charge is -2.25. The Morgan fingerprint density at radius 3 is 2.69 bits per heavy atom. The summed E-state index contributed by atoms with van der Waals surface area (Å²) in [5, 5.41) is 9.54. The zero-order valence-corrected chi connectivity index (χ0v) is 17.7. The molecule has 6 nitrogen and oxygen atoms in total. The van der Waals surface area contributed by atoms with Gasteiger partial charge in [0.05, 0.1) is 36.7 Å². The molecule has 0 amide bonds. The minimum atomic E-state index is -4.59. The molecule has 9 heteroatoms. The normalized spacial score (nSPS) is 17.6. The third kappa shape index (κ3) is 3.81. The van der Waals surface area contributed by atoms with E-state index in [4.69, 9.17) is 9.47 Å². The van der Waals surface area contributed by atoms with Crippen LogP contribution in [0.2, 0.25) is 0 Å². The van der Waals surface area contributed by atoms with Crippen LogP contribution in [-0.2, 0) is 17.3 Å². The molecular weight excluding hydrogens is 425 g/mol. The van der Waals surface area contributed by atoms with Crippen molar-refractivity contribution in [3.63, 3.8) is 0 Å². The maximum atomic E-state index is 13.6. The predicted molar refractivity (Wildman–Crippen MR) is 114 cm³/mol. The van der Waals surface area contributed by atoms with Crippen molar-refractivity contribution in [1.82, 2.24) is 0 Å². The van der Waals surface area contributed by atoms with Crippen LogP contribution in [0.5, 0.6) is 5.75 Å². The lowest BCUT2D eigenvalue weighted by Crippen LogP contribution is -2.24. The second kappa shape index (κ2) is 8.46. The number of aliphatic hydroxyl groups excluding tert-OH is 1. The van der Waals surface area contributed by atoms with Gasteiger partial charge in [-0.3, -0.25) is 4.99 Å². The summed E-state index contributed by atoms with van der Waals surface area (Å²) in [7, 11) is 2.49. The van der Waals surface area contributed by atoms with Crippen molar-refractivity contribution in [2.75, 3.05) is 38.8 Å². The molecule has 2 aromatic rings. The van der Waals surface area contributed by atoms with Gasteiger partial charge in [0.2, 0.25) is 0 Å². The summed E-state index contributed by atoms with van der Waals surface area (Å²) >= 11 is 0. The number of benzene rings is 2. The highest BCUT2D eigenvalue weighted by molar-refractivity contribution is 6.04. The van der Waals surface area contributed by atoms with E-state index in [-0.39, 0.29) is 18.3 Å². The highest BCUT2D eigenvalue weighted by Crippen LogP contribution is 2.46. The molecule has 0 unspecified atom stereocenters. The van der Waals surface area contributed by atoms with E-state index in [9.17, 15) is 23.1 Å². The van der Waals surface area contributed by atoms with Gasteiger partial charge in [-0.1, -0.05) is 6.07 Å². The fraction of sp³-hybridized carbons (Fsp3) is 0.391. The Kier molecular flexibility index (Phi) is 5.85. The van der Waals surface area contributed by atoms with Crippen LogP contribution >= 0.6 is 0 Å². The zero-order chi connectivity index (χ0) is 23.0. The number of rotatable bonds is 5. The number of anilines is 1. The molecule has 0 saturated carbocycles. The molecule has 1 saturated heterocycles. The minimum Gasteiger partial charge on any atom is -0.496 e. The minimum absolute atomic E-state index is 0.0262. The number of carbonyl (C=O) groups is 1. The van der Waals surface area contributed by atoms with E-state index in [1.807, 2.05) is 4.90 Å². The first-order valence-corrected chi connectivity index (χ1v) is 10.2. The van der Waals surface area contributed by atoms with Gasteiger partial charge in [0, 0.05) is 49.4 Å². The second-order valence-corrected chi connectivity index (χ2v) is 7.85. The summed E-state index contributed by atoms with van der Waals surface area (Å²) in [5.41, 5.74) is 1.98. The van der Waals surface area contributed by atoms with E-state index >= 15 is 0 Å². The molecule has 0 bridgehead atoms. The Morgan fingerprint density at radius 2 is 2.06 bits per heavy atom. The lowest BCUT2D eigenvalue weighted by molar-refractivity contribution is -0.138. The van der Waals surface area contributed by atoms with Gasteiger partial charge in [-0.2, -0.15) is 13.2 Å². The summed E-state index contributed by atoms with van der Waals surface area (Å²) in [6.07, 6.45) is -1.83. The molecule has 2 aliphatic heterocycles. The average Bonchev–Trinajstić information content (AvgIpc) is 3.46. The molecule has 0 aromatic heterocycles. The van der Waals surface area contributed by atoms with E-state index in [1.54, 1.807) is 18.3 Å². The van der Waals surface area contributed by atoms with Crippen LogP contribution < -0.4 is 9.64 Å². The van der Waals surface area contributed by atoms with Gasteiger partial charge in [-0.05, 0) is 30.2 Å². The Morgan fingerprint density at radius 1 is 1.28 bits per heavy atom. The fourth-order valence-electron chi connectivity index (χ4n) is 4.38. The number of nitrogens with zero attached hydrogens (tertiary/aromatic N) is 2. The van der Waals surface area contributed by atoms with Crippen LogP contribution in [0.4, 0.5) is 24.5 Å². The number of esters is 1. The molecule has 0 aliphatic carbocycles. The second-order valence-electron chi connectivity index (χ2n) is 7.85. The third-order valence-electron chi connectivity index (χ3n) is 5.99. The number of aliphatic hydroxyl groups is 1. The largest absolute Gasteiger partial charge is 0.496 e. The number of fused-ring (bicyclic) bond motifs is 1. The quantitative estimate of drug-likeness (QED) is 0.693. The molecule has 2 aliphatic rings. The van der Waals surface area contributed by atoms with Crippen molar-refractivity contribution in [3.8, 4) is 16.9 Å². The first-order valence-electron chi connectivity index (χ1n) is 10.2. The van der Waals surface area contributed by atoms with E-state index in [0.29, 0.717) is 53.1 Å². The van der Waals surface area contributed by atoms with E-state index in [2.05, 4.69) is 4.99 Å². The summed E-state index contributed by atoms with van der Waals surface area (Å²) in [5.74, 6) is -0.726. The molecule has 0 spiro atoms. The highest BCUT2D eigenvalue weighted by Gasteiger charge is 2.36. The summed E-state index contributed by atoms with van der Waals surface area (Å²) < 4.78 is 50.8. The van der Waals surface area contributed by atoms with Crippen LogP contribution in [0, 0.1) is 5.92 Å². The Hall–Kier alpha value is -3.07. The molecule has 2 aromatic carbocycles. The number of halogens is 3. The number of ether oxygens (including phenoxy) is 2. The zero-order valence-electron chi connectivity index (χ0n) is 17.7. The summed E-state index contributed by atoms with van der Waals surface area (Å²) in [6, 6.07) is 5.59. The molecular formula is C23H23F3N2O4. The number of alkyl halides is 3. The first-order chi connectivity index (χ1) is 15.3. The van der Waals surface area contributed by atoms with Crippen molar-refractivity contribution < 1.29 is 32.5 Å². The molecule has 170 valence electrons. The van der Waals surface area contributed by atoms with Crippen LogP contribution in [0.25, 0.3) is 11.1 Å². The molecule has 0 radical (unpaired) electrons. The number of aliphatic imine (C=N–C) groups is 1. The Bertz CT molecular complexity index is 1080. The van der Waals surface area contributed by atoms with Gasteiger partial charge in [-0.25, -0.2) is 4.79 Å². The average molecular weight is 448 g/mol. The molecule has 1 fully saturated rings. The van der Waals surface area contributed by atoms with Gasteiger partial charge in [0.15, 0.2) is 0 Å². The van der Waals surface area contributed by atoms with Crippen molar-refractivity contribution >= 4 is 23.6 Å². The maximum absolute atomic E-state index is 13.6. The molecule has 2 heterocycles. The van der Waals surface area contributed by atoms with Gasteiger partial charge < -0.3 is 19.5 Å². The number of methoxy groups -OCH3 is 2.